The molecule has 15 heavy (non-hydrogen) atoms. The number of hydrogen-bond acceptors (Lipinski definition) is 6. The standard InChI is InChI=1S/C9H17N3O3/c1-7-11-8(12-15-7)3-10-4-9(2,5-13)6-14/h10,13-14H,3-6H2,1-2H3. The fourth-order valence-electron chi connectivity index (χ4n) is 1.05. The van der Waals surface area contributed by atoms with Crippen LogP contribution in [0, 0.1) is 12.3 Å². The highest BCUT2D eigenvalue weighted by Crippen LogP contribution is 2.12. The summed E-state index contributed by atoms with van der Waals surface area (Å²) in [6.07, 6.45) is 0. The van der Waals surface area contributed by atoms with Crippen molar-refractivity contribution in [1.29, 1.82) is 0 Å². The van der Waals surface area contributed by atoms with Gasteiger partial charge in [0.2, 0.25) is 5.89 Å². The molecular weight excluding hydrogens is 198 g/mol. The van der Waals surface area contributed by atoms with E-state index in [0.717, 1.165) is 0 Å². The minimum absolute atomic E-state index is 0.0677. The van der Waals surface area contributed by atoms with Gasteiger partial charge in [0.25, 0.3) is 0 Å². The van der Waals surface area contributed by atoms with Crippen LogP contribution < -0.4 is 5.32 Å². The summed E-state index contributed by atoms with van der Waals surface area (Å²) in [5.74, 6) is 1.10. The zero-order valence-electron chi connectivity index (χ0n) is 9.03. The predicted molar refractivity (Wildman–Crippen MR) is 53.0 cm³/mol. The summed E-state index contributed by atoms with van der Waals surface area (Å²) in [5, 5.41) is 24.8. The van der Waals surface area contributed by atoms with Crippen molar-refractivity contribution in [2.75, 3.05) is 19.8 Å². The molecule has 0 saturated carbocycles. The van der Waals surface area contributed by atoms with Gasteiger partial charge in [0.1, 0.15) is 0 Å². The Balaban J connectivity index is 2.32. The molecule has 3 N–H and O–H groups in total. The van der Waals surface area contributed by atoms with Gasteiger partial charge in [-0.25, -0.2) is 0 Å². The van der Waals surface area contributed by atoms with E-state index in [0.29, 0.717) is 24.8 Å². The molecule has 1 aromatic heterocycles. The van der Waals surface area contributed by atoms with Gasteiger partial charge in [-0.2, -0.15) is 4.98 Å². The Morgan fingerprint density at radius 2 is 2.07 bits per heavy atom. The fraction of sp³-hybridized carbons (Fsp3) is 0.778. The van der Waals surface area contributed by atoms with Crippen LogP contribution in [-0.4, -0.2) is 40.1 Å². The molecule has 0 amide bonds. The van der Waals surface area contributed by atoms with Crippen molar-refractivity contribution in [3.05, 3.63) is 11.7 Å². The summed E-state index contributed by atoms with van der Waals surface area (Å²) in [5.41, 5.74) is -0.515. The Morgan fingerprint density at radius 1 is 1.40 bits per heavy atom. The first-order chi connectivity index (χ1) is 7.09. The largest absolute Gasteiger partial charge is 0.396 e. The third kappa shape index (κ3) is 3.58. The SMILES string of the molecule is Cc1nc(CNCC(C)(CO)CO)no1. The normalized spacial score (nSPS) is 12.0. The predicted octanol–water partition coefficient (Wildman–Crippen LogP) is -0.541. The molecule has 0 bridgehead atoms. The van der Waals surface area contributed by atoms with Crippen molar-refractivity contribution in [2.24, 2.45) is 5.41 Å². The van der Waals surface area contributed by atoms with Crippen LogP contribution in [0.15, 0.2) is 4.52 Å². The fourth-order valence-corrected chi connectivity index (χ4v) is 1.05. The molecule has 0 atom stereocenters. The van der Waals surface area contributed by atoms with E-state index in [9.17, 15) is 0 Å². The van der Waals surface area contributed by atoms with E-state index in [2.05, 4.69) is 15.5 Å². The van der Waals surface area contributed by atoms with Gasteiger partial charge < -0.3 is 20.1 Å². The summed E-state index contributed by atoms with van der Waals surface area (Å²) in [6.45, 7) is 4.34. The lowest BCUT2D eigenvalue weighted by Gasteiger charge is -2.24. The summed E-state index contributed by atoms with van der Waals surface area (Å²) in [6, 6.07) is 0. The first-order valence-electron chi connectivity index (χ1n) is 4.81. The van der Waals surface area contributed by atoms with Crippen LogP contribution in [0.2, 0.25) is 0 Å². The lowest BCUT2D eigenvalue weighted by Crippen LogP contribution is -2.37. The molecule has 1 aromatic rings. The molecule has 0 aliphatic carbocycles. The van der Waals surface area contributed by atoms with Crippen LogP contribution in [0.4, 0.5) is 0 Å². The number of aromatic nitrogens is 2. The van der Waals surface area contributed by atoms with E-state index in [1.54, 1.807) is 13.8 Å². The van der Waals surface area contributed by atoms with Crippen LogP contribution in [0.25, 0.3) is 0 Å². The van der Waals surface area contributed by atoms with Gasteiger partial charge in [0.05, 0.1) is 19.8 Å². The van der Waals surface area contributed by atoms with Crippen LogP contribution in [0.1, 0.15) is 18.6 Å². The van der Waals surface area contributed by atoms with Gasteiger partial charge in [-0.1, -0.05) is 12.1 Å². The van der Waals surface area contributed by atoms with E-state index < -0.39 is 5.41 Å². The van der Waals surface area contributed by atoms with Gasteiger partial charge >= 0.3 is 0 Å². The second-order valence-corrected chi connectivity index (χ2v) is 3.96. The summed E-state index contributed by atoms with van der Waals surface area (Å²) in [7, 11) is 0. The average molecular weight is 215 g/mol. The highest BCUT2D eigenvalue weighted by Gasteiger charge is 2.21. The van der Waals surface area contributed by atoms with Crippen LogP contribution >= 0.6 is 0 Å². The molecule has 0 aliphatic rings. The van der Waals surface area contributed by atoms with Gasteiger partial charge in [0, 0.05) is 18.9 Å². The van der Waals surface area contributed by atoms with Gasteiger partial charge in [-0.3, -0.25) is 0 Å². The number of aryl methyl sites for hydroxylation is 1. The Bertz CT molecular complexity index is 297. The van der Waals surface area contributed by atoms with Crippen LogP contribution in [-0.2, 0) is 6.54 Å². The Morgan fingerprint density at radius 3 is 2.53 bits per heavy atom. The maximum atomic E-state index is 9.04. The Labute approximate surface area is 88.3 Å². The minimum Gasteiger partial charge on any atom is -0.396 e. The van der Waals surface area contributed by atoms with Crippen molar-refractivity contribution in [3.8, 4) is 0 Å². The average Bonchev–Trinajstić information content (AvgIpc) is 2.64. The topological polar surface area (TPSA) is 91.4 Å². The van der Waals surface area contributed by atoms with E-state index in [1.165, 1.54) is 0 Å². The summed E-state index contributed by atoms with van der Waals surface area (Å²) >= 11 is 0. The van der Waals surface area contributed by atoms with Crippen LogP contribution in [0.3, 0.4) is 0 Å². The van der Waals surface area contributed by atoms with Crippen molar-refractivity contribution >= 4 is 0 Å². The zero-order chi connectivity index (χ0) is 11.3. The molecule has 6 heteroatoms. The maximum Gasteiger partial charge on any atom is 0.223 e. The lowest BCUT2D eigenvalue weighted by molar-refractivity contribution is 0.0693. The third-order valence-electron chi connectivity index (χ3n) is 2.17. The van der Waals surface area contributed by atoms with Crippen molar-refractivity contribution in [3.63, 3.8) is 0 Å². The number of rotatable bonds is 6. The summed E-state index contributed by atoms with van der Waals surface area (Å²) < 4.78 is 4.80. The highest BCUT2D eigenvalue weighted by molar-refractivity contribution is 4.84. The molecule has 1 rings (SSSR count). The second kappa shape index (κ2) is 5.20. The van der Waals surface area contributed by atoms with E-state index >= 15 is 0 Å². The smallest absolute Gasteiger partial charge is 0.223 e. The molecule has 0 radical (unpaired) electrons. The Kier molecular flexibility index (Phi) is 4.19. The molecular formula is C9H17N3O3. The minimum atomic E-state index is -0.515. The first kappa shape index (κ1) is 12.1. The molecule has 0 fully saturated rings. The number of nitrogens with zero attached hydrogens (tertiary/aromatic N) is 2. The molecule has 6 nitrogen and oxygen atoms in total. The van der Waals surface area contributed by atoms with Crippen molar-refractivity contribution < 1.29 is 14.7 Å². The second-order valence-electron chi connectivity index (χ2n) is 3.96. The van der Waals surface area contributed by atoms with Gasteiger partial charge in [-0.15, -0.1) is 0 Å². The van der Waals surface area contributed by atoms with Crippen LogP contribution in [0.5, 0.6) is 0 Å². The highest BCUT2D eigenvalue weighted by atomic mass is 16.5. The molecule has 0 unspecified atom stereocenters. The monoisotopic (exact) mass is 215 g/mol. The van der Waals surface area contributed by atoms with E-state index in [4.69, 9.17) is 14.7 Å². The third-order valence-corrected chi connectivity index (χ3v) is 2.17. The zero-order valence-corrected chi connectivity index (χ0v) is 9.03. The Hall–Kier alpha value is -0.980. The number of hydrogen-bond donors (Lipinski definition) is 3. The molecule has 86 valence electrons. The summed E-state index contributed by atoms with van der Waals surface area (Å²) in [4.78, 5) is 4.02. The van der Waals surface area contributed by atoms with Crippen molar-refractivity contribution in [1.82, 2.24) is 15.5 Å². The van der Waals surface area contributed by atoms with Gasteiger partial charge in [-0.05, 0) is 0 Å². The molecule has 0 spiro atoms. The molecule has 0 saturated heterocycles. The van der Waals surface area contributed by atoms with Gasteiger partial charge in [0.15, 0.2) is 5.82 Å². The number of aliphatic hydroxyl groups excluding tert-OH is 2. The maximum absolute atomic E-state index is 9.04. The number of aliphatic hydroxyl groups is 2. The lowest BCUT2D eigenvalue weighted by atomic mass is 9.93. The molecule has 1 heterocycles. The quantitative estimate of drug-likeness (QED) is 0.590. The molecule has 0 aliphatic heterocycles. The van der Waals surface area contributed by atoms with Crippen molar-refractivity contribution in [2.45, 2.75) is 20.4 Å². The molecule has 0 aromatic carbocycles. The first-order valence-corrected chi connectivity index (χ1v) is 4.81. The number of nitrogens with one attached hydrogen (secondary N) is 1. The van der Waals surface area contributed by atoms with E-state index in [1.807, 2.05) is 0 Å². The van der Waals surface area contributed by atoms with E-state index in [-0.39, 0.29) is 13.2 Å².